The van der Waals surface area contributed by atoms with Crippen LogP contribution in [0.1, 0.15) is 36.0 Å². The molecule has 2 rings (SSSR count). The van der Waals surface area contributed by atoms with E-state index >= 15 is 0 Å². The van der Waals surface area contributed by atoms with Crippen LogP contribution in [0.2, 0.25) is 0 Å². The van der Waals surface area contributed by atoms with Crippen LogP contribution in [0.5, 0.6) is 5.88 Å². The van der Waals surface area contributed by atoms with E-state index in [0.717, 1.165) is 25.7 Å². The Bertz CT molecular complexity index is 483. The number of hydrogen-bond acceptors (Lipinski definition) is 3. The van der Waals surface area contributed by atoms with Crippen molar-refractivity contribution < 1.29 is 22.7 Å². The fraction of sp³-hybridized carbons (Fsp3) is 0.571. The Hall–Kier alpha value is -1.79. The van der Waals surface area contributed by atoms with E-state index in [1.54, 1.807) is 4.90 Å². The van der Waals surface area contributed by atoms with Gasteiger partial charge in [-0.15, -0.1) is 0 Å². The molecule has 0 spiro atoms. The molecule has 1 aromatic rings. The van der Waals surface area contributed by atoms with Crippen LogP contribution in [-0.2, 0) is 0 Å². The Morgan fingerprint density at radius 2 is 1.90 bits per heavy atom. The molecular formula is C14H17F3N2O2. The highest BCUT2D eigenvalue weighted by Gasteiger charge is 2.30. The highest BCUT2D eigenvalue weighted by atomic mass is 19.4. The monoisotopic (exact) mass is 302 g/mol. The molecule has 1 fully saturated rings. The maximum absolute atomic E-state index is 12.4. The smallest absolute Gasteiger partial charge is 0.422 e. The molecule has 0 N–H and O–H groups in total. The first-order valence-corrected chi connectivity index (χ1v) is 6.91. The van der Waals surface area contributed by atoms with E-state index < -0.39 is 12.8 Å². The lowest BCUT2D eigenvalue weighted by molar-refractivity contribution is -0.154. The predicted molar refractivity (Wildman–Crippen MR) is 70.2 cm³/mol. The average molecular weight is 302 g/mol. The zero-order valence-corrected chi connectivity index (χ0v) is 11.5. The summed E-state index contributed by atoms with van der Waals surface area (Å²) in [4.78, 5) is 17.8. The Labute approximate surface area is 120 Å². The van der Waals surface area contributed by atoms with Crippen LogP contribution in [0, 0.1) is 0 Å². The molecule has 2 heterocycles. The number of carbonyl (C=O) groups excluding carboxylic acids is 1. The van der Waals surface area contributed by atoms with E-state index in [4.69, 9.17) is 0 Å². The Balaban J connectivity index is 2.12. The maximum atomic E-state index is 12.4. The van der Waals surface area contributed by atoms with Crippen LogP contribution < -0.4 is 4.74 Å². The normalized spacial score (nSPS) is 16.4. The molecule has 1 saturated heterocycles. The van der Waals surface area contributed by atoms with E-state index in [9.17, 15) is 18.0 Å². The number of ether oxygens (including phenoxy) is 1. The summed E-state index contributed by atoms with van der Waals surface area (Å²) >= 11 is 0. The number of carbonyl (C=O) groups is 1. The molecule has 0 aromatic carbocycles. The summed E-state index contributed by atoms with van der Waals surface area (Å²) in [7, 11) is 0. The van der Waals surface area contributed by atoms with Gasteiger partial charge in [0.15, 0.2) is 6.61 Å². The number of aromatic nitrogens is 1. The van der Waals surface area contributed by atoms with Gasteiger partial charge >= 0.3 is 6.18 Å². The quantitative estimate of drug-likeness (QED) is 0.862. The molecular weight excluding hydrogens is 285 g/mol. The van der Waals surface area contributed by atoms with Crippen molar-refractivity contribution in [2.75, 3.05) is 19.7 Å². The molecule has 1 amide bonds. The summed E-state index contributed by atoms with van der Waals surface area (Å²) in [5.74, 6) is -0.578. The van der Waals surface area contributed by atoms with Gasteiger partial charge in [0.05, 0.1) is 0 Å². The van der Waals surface area contributed by atoms with Crippen molar-refractivity contribution in [1.82, 2.24) is 9.88 Å². The van der Waals surface area contributed by atoms with Crippen LogP contribution in [0.15, 0.2) is 18.3 Å². The number of alkyl halides is 3. The second-order valence-corrected chi connectivity index (χ2v) is 4.97. The Morgan fingerprint density at radius 1 is 1.24 bits per heavy atom. The highest BCUT2D eigenvalue weighted by molar-refractivity contribution is 5.96. The molecule has 1 aliphatic rings. The number of hydrogen-bond donors (Lipinski definition) is 0. The molecule has 1 aromatic heterocycles. The SMILES string of the molecule is O=C(c1cccnc1OCC(F)(F)F)N1CCCCCC1. The summed E-state index contributed by atoms with van der Waals surface area (Å²) in [6, 6.07) is 2.97. The Kier molecular flexibility index (Phi) is 5.03. The number of halogens is 3. The Morgan fingerprint density at radius 3 is 2.52 bits per heavy atom. The first-order valence-electron chi connectivity index (χ1n) is 6.91. The molecule has 0 atom stereocenters. The van der Waals surface area contributed by atoms with Gasteiger partial charge in [-0.05, 0) is 25.0 Å². The molecule has 1 aliphatic heterocycles. The molecule has 116 valence electrons. The highest BCUT2D eigenvalue weighted by Crippen LogP contribution is 2.22. The summed E-state index contributed by atoms with van der Waals surface area (Å²) in [6.07, 6.45) is 0.795. The van der Waals surface area contributed by atoms with Gasteiger partial charge in [0.2, 0.25) is 5.88 Å². The van der Waals surface area contributed by atoms with E-state index in [1.165, 1.54) is 18.3 Å². The third-order valence-corrected chi connectivity index (χ3v) is 3.27. The minimum atomic E-state index is -4.46. The molecule has 0 bridgehead atoms. The van der Waals surface area contributed by atoms with E-state index in [1.807, 2.05) is 0 Å². The average Bonchev–Trinajstić information content (AvgIpc) is 2.73. The van der Waals surface area contributed by atoms with Gasteiger partial charge < -0.3 is 9.64 Å². The molecule has 0 saturated carbocycles. The second kappa shape index (κ2) is 6.78. The zero-order chi connectivity index (χ0) is 15.3. The third kappa shape index (κ3) is 4.61. The van der Waals surface area contributed by atoms with Crippen molar-refractivity contribution in [2.24, 2.45) is 0 Å². The lowest BCUT2D eigenvalue weighted by Gasteiger charge is -2.21. The second-order valence-electron chi connectivity index (χ2n) is 4.97. The van der Waals surface area contributed by atoms with Crippen molar-refractivity contribution in [2.45, 2.75) is 31.9 Å². The van der Waals surface area contributed by atoms with Gasteiger partial charge in [-0.3, -0.25) is 4.79 Å². The van der Waals surface area contributed by atoms with Crippen LogP contribution in [0.4, 0.5) is 13.2 Å². The van der Waals surface area contributed by atoms with E-state index in [2.05, 4.69) is 9.72 Å². The topological polar surface area (TPSA) is 42.4 Å². The fourth-order valence-corrected chi connectivity index (χ4v) is 2.26. The van der Waals surface area contributed by atoms with Gasteiger partial charge in [-0.25, -0.2) is 4.98 Å². The predicted octanol–water partition coefficient (Wildman–Crippen LogP) is 3.04. The number of likely N-dealkylation sites (tertiary alicyclic amines) is 1. The van der Waals surface area contributed by atoms with E-state index in [-0.39, 0.29) is 17.4 Å². The van der Waals surface area contributed by atoms with Crippen molar-refractivity contribution >= 4 is 5.91 Å². The maximum Gasteiger partial charge on any atom is 0.422 e. The van der Waals surface area contributed by atoms with Crippen LogP contribution in [0.3, 0.4) is 0 Å². The molecule has 21 heavy (non-hydrogen) atoms. The van der Waals surface area contributed by atoms with E-state index in [0.29, 0.717) is 13.1 Å². The fourth-order valence-electron chi connectivity index (χ4n) is 2.26. The molecule has 7 heteroatoms. The number of amides is 1. The van der Waals surface area contributed by atoms with Crippen LogP contribution in [0.25, 0.3) is 0 Å². The third-order valence-electron chi connectivity index (χ3n) is 3.27. The first-order chi connectivity index (χ1) is 9.97. The summed E-state index contributed by atoms with van der Waals surface area (Å²) in [5.41, 5.74) is 0.0867. The molecule has 0 unspecified atom stereocenters. The number of pyridine rings is 1. The van der Waals surface area contributed by atoms with Gasteiger partial charge in [0.25, 0.3) is 5.91 Å². The standard InChI is InChI=1S/C14H17F3N2O2/c15-14(16,17)10-21-12-11(6-5-7-18-12)13(20)19-8-3-1-2-4-9-19/h5-7H,1-4,8-10H2. The van der Waals surface area contributed by atoms with Gasteiger partial charge in [0, 0.05) is 19.3 Å². The summed E-state index contributed by atoms with van der Waals surface area (Å²) in [6.45, 7) is -0.219. The van der Waals surface area contributed by atoms with Crippen molar-refractivity contribution in [3.63, 3.8) is 0 Å². The first kappa shape index (κ1) is 15.6. The molecule has 4 nitrogen and oxygen atoms in total. The summed E-state index contributed by atoms with van der Waals surface area (Å²) in [5, 5.41) is 0. The van der Waals surface area contributed by atoms with Crippen LogP contribution in [-0.4, -0.2) is 41.7 Å². The zero-order valence-electron chi connectivity index (χ0n) is 11.5. The van der Waals surface area contributed by atoms with Crippen molar-refractivity contribution in [3.8, 4) is 5.88 Å². The number of nitrogens with zero attached hydrogens (tertiary/aromatic N) is 2. The van der Waals surface area contributed by atoms with Gasteiger partial charge in [-0.2, -0.15) is 13.2 Å². The van der Waals surface area contributed by atoms with Gasteiger partial charge in [-0.1, -0.05) is 12.8 Å². The minimum Gasteiger partial charge on any atom is -0.467 e. The van der Waals surface area contributed by atoms with Crippen LogP contribution >= 0.6 is 0 Å². The minimum absolute atomic E-state index is 0.0867. The molecule has 0 aliphatic carbocycles. The van der Waals surface area contributed by atoms with Crippen molar-refractivity contribution in [1.29, 1.82) is 0 Å². The van der Waals surface area contributed by atoms with Gasteiger partial charge in [0.1, 0.15) is 5.56 Å². The number of rotatable bonds is 3. The lowest BCUT2D eigenvalue weighted by Crippen LogP contribution is -2.32. The van der Waals surface area contributed by atoms with Crippen molar-refractivity contribution in [3.05, 3.63) is 23.9 Å². The lowest BCUT2D eigenvalue weighted by atomic mass is 10.2. The largest absolute Gasteiger partial charge is 0.467 e. The summed E-state index contributed by atoms with van der Waals surface area (Å²) < 4.78 is 41.4. The molecule has 0 radical (unpaired) electrons.